The van der Waals surface area contributed by atoms with E-state index < -0.39 is 0 Å². The van der Waals surface area contributed by atoms with Gasteiger partial charge in [0.2, 0.25) is 0 Å². The van der Waals surface area contributed by atoms with E-state index in [0.29, 0.717) is 0 Å². The smallest absolute Gasteiger partial charge is 0.0704 e. The number of azide groups is 1. The summed E-state index contributed by atoms with van der Waals surface area (Å²) in [5, 5.41) is 4.75. The van der Waals surface area contributed by atoms with E-state index in [1.165, 1.54) is 0 Å². The van der Waals surface area contributed by atoms with Crippen LogP contribution in [-0.4, -0.2) is 4.98 Å². The van der Waals surface area contributed by atoms with Crippen molar-refractivity contribution < 1.29 is 0 Å². The van der Waals surface area contributed by atoms with Crippen molar-refractivity contribution in [2.24, 2.45) is 5.11 Å². The van der Waals surface area contributed by atoms with E-state index in [0.717, 1.165) is 16.5 Å². The molecule has 0 saturated heterocycles. The van der Waals surface area contributed by atoms with Crippen molar-refractivity contribution in [3.8, 4) is 0 Å². The molecular formula is C11H10N4. The Morgan fingerprint density at radius 1 is 1.40 bits per heavy atom. The Bertz CT molecular complexity index is 529. The molecule has 0 aliphatic heterocycles. The SMILES string of the molecule is CC(N=[N+]=[N-])c1ccc2cccnc2c1. The van der Waals surface area contributed by atoms with Gasteiger partial charge in [-0.05, 0) is 23.2 Å². The van der Waals surface area contributed by atoms with E-state index in [1.807, 2.05) is 37.3 Å². The summed E-state index contributed by atoms with van der Waals surface area (Å²) >= 11 is 0. The highest BCUT2D eigenvalue weighted by molar-refractivity contribution is 5.78. The Labute approximate surface area is 87.2 Å². The van der Waals surface area contributed by atoms with Crippen LogP contribution < -0.4 is 0 Å². The molecule has 0 fully saturated rings. The molecule has 2 rings (SSSR count). The van der Waals surface area contributed by atoms with Crippen LogP contribution >= 0.6 is 0 Å². The molecule has 0 aliphatic rings. The number of nitrogens with zero attached hydrogens (tertiary/aromatic N) is 4. The molecule has 1 aromatic carbocycles. The maximum atomic E-state index is 8.35. The highest BCUT2D eigenvalue weighted by atomic mass is 15.1. The van der Waals surface area contributed by atoms with Gasteiger partial charge in [-0.15, -0.1) is 0 Å². The van der Waals surface area contributed by atoms with Crippen LogP contribution in [0.3, 0.4) is 0 Å². The number of hydrogen-bond acceptors (Lipinski definition) is 2. The van der Waals surface area contributed by atoms with Crippen molar-refractivity contribution in [2.45, 2.75) is 13.0 Å². The molecule has 1 heterocycles. The van der Waals surface area contributed by atoms with Gasteiger partial charge >= 0.3 is 0 Å². The summed E-state index contributed by atoms with van der Waals surface area (Å²) in [5.41, 5.74) is 10.3. The first-order valence-electron chi connectivity index (χ1n) is 4.70. The molecule has 0 radical (unpaired) electrons. The van der Waals surface area contributed by atoms with E-state index in [4.69, 9.17) is 5.53 Å². The summed E-state index contributed by atoms with van der Waals surface area (Å²) in [5.74, 6) is 0. The van der Waals surface area contributed by atoms with E-state index >= 15 is 0 Å². The molecule has 74 valence electrons. The van der Waals surface area contributed by atoms with Gasteiger partial charge in [0.05, 0.1) is 11.6 Å². The third-order valence-electron chi connectivity index (χ3n) is 2.34. The molecule has 2 aromatic rings. The van der Waals surface area contributed by atoms with Crippen molar-refractivity contribution in [1.29, 1.82) is 0 Å². The van der Waals surface area contributed by atoms with E-state index in [2.05, 4.69) is 15.0 Å². The summed E-state index contributed by atoms with van der Waals surface area (Å²) in [6, 6.07) is 9.66. The van der Waals surface area contributed by atoms with Crippen molar-refractivity contribution in [3.63, 3.8) is 0 Å². The fourth-order valence-electron chi connectivity index (χ4n) is 1.49. The number of fused-ring (bicyclic) bond motifs is 1. The second kappa shape index (κ2) is 3.98. The number of hydrogen-bond donors (Lipinski definition) is 0. The molecule has 1 atom stereocenters. The summed E-state index contributed by atoms with van der Waals surface area (Å²) in [4.78, 5) is 7.05. The molecule has 1 unspecified atom stereocenters. The lowest BCUT2D eigenvalue weighted by atomic mass is 10.1. The first kappa shape index (κ1) is 9.49. The van der Waals surface area contributed by atoms with Gasteiger partial charge in [-0.2, -0.15) is 0 Å². The summed E-state index contributed by atoms with van der Waals surface area (Å²) < 4.78 is 0. The molecule has 0 saturated carbocycles. The van der Waals surface area contributed by atoms with Crippen LogP contribution in [0.5, 0.6) is 0 Å². The lowest BCUT2D eigenvalue weighted by molar-refractivity contribution is 0.809. The molecule has 0 aliphatic carbocycles. The Hall–Kier alpha value is -2.06. The van der Waals surface area contributed by atoms with Gasteiger partial charge in [0, 0.05) is 16.5 Å². The van der Waals surface area contributed by atoms with Gasteiger partial charge in [0.15, 0.2) is 0 Å². The molecular weight excluding hydrogens is 188 g/mol. The van der Waals surface area contributed by atoms with Gasteiger partial charge in [-0.1, -0.05) is 30.2 Å². The van der Waals surface area contributed by atoms with Crippen LogP contribution in [0.4, 0.5) is 0 Å². The Morgan fingerprint density at radius 3 is 3.07 bits per heavy atom. The van der Waals surface area contributed by atoms with Crippen LogP contribution in [0.1, 0.15) is 18.5 Å². The molecule has 15 heavy (non-hydrogen) atoms. The Morgan fingerprint density at radius 2 is 2.27 bits per heavy atom. The van der Waals surface area contributed by atoms with Crippen molar-refractivity contribution in [3.05, 3.63) is 52.5 Å². The van der Waals surface area contributed by atoms with Gasteiger partial charge in [0.1, 0.15) is 0 Å². The van der Waals surface area contributed by atoms with Crippen LogP contribution in [0.25, 0.3) is 21.3 Å². The van der Waals surface area contributed by atoms with Gasteiger partial charge in [-0.25, -0.2) is 0 Å². The fourth-order valence-corrected chi connectivity index (χ4v) is 1.49. The maximum Gasteiger partial charge on any atom is 0.0704 e. The number of rotatable bonds is 2. The molecule has 0 bridgehead atoms. The zero-order chi connectivity index (χ0) is 10.7. The maximum absolute atomic E-state index is 8.35. The van der Waals surface area contributed by atoms with Crippen LogP contribution in [0.2, 0.25) is 0 Å². The third-order valence-corrected chi connectivity index (χ3v) is 2.34. The topological polar surface area (TPSA) is 61.7 Å². The second-order valence-electron chi connectivity index (χ2n) is 3.34. The first-order valence-corrected chi connectivity index (χ1v) is 4.70. The summed E-state index contributed by atoms with van der Waals surface area (Å²) in [6.07, 6.45) is 1.75. The number of benzene rings is 1. The lowest BCUT2D eigenvalue weighted by Gasteiger charge is -2.05. The average molecular weight is 198 g/mol. The highest BCUT2D eigenvalue weighted by Crippen LogP contribution is 2.21. The monoisotopic (exact) mass is 198 g/mol. The van der Waals surface area contributed by atoms with Crippen molar-refractivity contribution in [1.82, 2.24) is 4.98 Å². The molecule has 1 aromatic heterocycles. The van der Waals surface area contributed by atoms with Gasteiger partial charge < -0.3 is 0 Å². The first-order chi connectivity index (χ1) is 7.31. The Balaban J connectivity index is 2.51. The third kappa shape index (κ3) is 1.90. The fraction of sp³-hybridized carbons (Fsp3) is 0.182. The molecule has 0 N–H and O–H groups in total. The van der Waals surface area contributed by atoms with Crippen LogP contribution in [0.15, 0.2) is 41.6 Å². The second-order valence-corrected chi connectivity index (χ2v) is 3.34. The van der Waals surface area contributed by atoms with Crippen molar-refractivity contribution >= 4 is 10.9 Å². The predicted molar refractivity (Wildman–Crippen MR) is 59.3 cm³/mol. The lowest BCUT2D eigenvalue weighted by Crippen LogP contribution is -1.88. The van der Waals surface area contributed by atoms with E-state index in [9.17, 15) is 0 Å². The molecule has 4 heteroatoms. The average Bonchev–Trinajstić information content (AvgIpc) is 2.29. The van der Waals surface area contributed by atoms with Crippen molar-refractivity contribution in [2.75, 3.05) is 0 Å². The molecule has 0 amide bonds. The minimum atomic E-state index is -0.151. The predicted octanol–water partition coefficient (Wildman–Crippen LogP) is 3.61. The Kier molecular flexibility index (Phi) is 2.52. The zero-order valence-electron chi connectivity index (χ0n) is 8.33. The van der Waals surface area contributed by atoms with Gasteiger partial charge in [-0.3, -0.25) is 4.98 Å². The normalized spacial score (nSPS) is 12.1. The standard InChI is InChI=1S/C11H10N4/c1-8(14-15-12)10-5-4-9-3-2-6-13-11(9)7-10/h2-8H,1H3. The van der Waals surface area contributed by atoms with Crippen LogP contribution in [-0.2, 0) is 0 Å². The number of aromatic nitrogens is 1. The zero-order valence-corrected chi connectivity index (χ0v) is 8.33. The minimum absolute atomic E-state index is 0.151. The highest BCUT2D eigenvalue weighted by Gasteiger charge is 2.03. The summed E-state index contributed by atoms with van der Waals surface area (Å²) in [7, 11) is 0. The molecule has 0 spiro atoms. The largest absolute Gasteiger partial charge is 0.256 e. The van der Waals surface area contributed by atoms with Crippen LogP contribution in [0, 0.1) is 0 Å². The minimum Gasteiger partial charge on any atom is -0.256 e. The van der Waals surface area contributed by atoms with E-state index in [-0.39, 0.29) is 6.04 Å². The number of pyridine rings is 1. The van der Waals surface area contributed by atoms with E-state index in [1.54, 1.807) is 6.20 Å². The van der Waals surface area contributed by atoms with Gasteiger partial charge in [0.25, 0.3) is 0 Å². The summed E-state index contributed by atoms with van der Waals surface area (Å²) in [6.45, 7) is 1.86. The molecule has 4 nitrogen and oxygen atoms in total. The quantitative estimate of drug-likeness (QED) is 0.413.